The standard InChI is InChI=1S/C26H20N4OS2/c1-26(2)19(24(29-4)25(31-26)20(15-27)28-3)12-11-18-13-22-23(32-18)14-21(33-22)16-7-9-17(10-8-16)30(5)6/h7-14H,1-2,5-6H3/b12-11+,25-20+. The van der Waals surface area contributed by atoms with Gasteiger partial charge in [0.25, 0.3) is 5.70 Å². The monoisotopic (exact) mass is 468 g/mol. The number of rotatable bonds is 4. The van der Waals surface area contributed by atoms with Crippen molar-refractivity contribution in [2.24, 2.45) is 0 Å². The normalized spacial score (nSPS) is 16.4. The summed E-state index contributed by atoms with van der Waals surface area (Å²) in [6.07, 6.45) is 3.84. The van der Waals surface area contributed by atoms with Gasteiger partial charge in [-0.15, -0.1) is 22.7 Å². The van der Waals surface area contributed by atoms with E-state index >= 15 is 0 Å². The Hall–Kier alpha value is -3.83. The Morgan fingerprint density at radius 1 is 1.09 bits per heavy atom. The molecule has 0 radical (unpaired) electrons. The molecule has 4 rings (SSSR count). The van der Waals surface area contributed by atoms with E-state index < -0.39 is 5.60 Å². The molecule has 5 nitrogen and oxygen atoms in total. The average molecular weight is 469 g/mol. The zero-order valence-electron chi connectivity index (χ0n) is 18.6. The number of hydrogen-bond acceptors (Lipinski definition) is 5. The van der Waals surface area contributed by atoms with Crippen LogP contribution >= 0.6 is 22.7 Å². The molecule has 0 N–H and O–H groups in total. The highest BCUT2D eigenvalue weighted by Gasteiger charge is 2.38. The summed E-state index contributed by atoms with van der Waals surface area (Å²) in [7, 11) is 4.07. The van der Waals surface area contributed by atoms with E-state index in [1.54, 1.807) is 22.7 Å². The lowest BCUT2D eigenvalue weighted by molar-refractivity contribution is 0.0952. The van der Waals surface area contributed by atoms with Crippen LogP contribution in [-0.4, -0.2) is 19.7 Å². The number of hydrogen-bond donors (Lipinski definition) is 0. The van der Waals surface area contributed by atoms with E-state index in [1.165, 1.54) is 25.5 Å². The molecule has 162 valence electrons. The molecule has 7 heteroatoms. The van der Waals surface area contributed by atoms with Crippen LogP contribution in [-0.2, 0) is 4.74 Å². The lowest BCUT2D eigenvalue weighted by Gasteiger charge is -2.21. The van der Waals surface area contributed by atoms with Crippen LogP contribution in [0.1, 0.15) is 18.7 Å². The molecule has 3 aromatic rings. The summed E-state index contributed by atoms with van der Waals surface area (Å²) in [5, 5.41) is 9.22. The predicted octanol–water partition coefficient (Wildman–Crippen LogP) is 7.35. The lowest BCUT2D eigenvalue weighted by atomic mass is 9.97. The third-order valence-electron chi connectivity index (χ3n) is 5.33. The second-order valence-corrected chi connectivity index (χ2v) is 10.3. The highest BCUT2D eigenvalue weighted by Crippen LogP contribution is 2.43. The minimum atomic E-state index is -0.793. The zero-order chi connectivity index (χ0) is 23.8. The third-order valence-corrected chi connectivity index (χ3v) is 7.64. The molecule has 3 heterocycles. The molecule has 0 fully saturated rings. The van der Waals surface area contributed by atoms with Crippen LogP contribution in [0.25, 0.3) is 35.6 Å². The van der Waals surface area contributed by atoms with Gasteiger partial charge in [-0.1, -0.05) is 18.2 Å². The second-order valence-electron chi connectivity index (χ2n) is 8.15. The number of thiophene rings is 2. The number of benzene rings is 1. The molecule has 0 aliphatic carbocycles. The number of nitrogens with zero attached hydrogens (tertiary/aromatic N) is 4. The Morgan fingerprint density at radius 2 is 1.79 bits per heavy atom. The summed E-state index contributed by atoms with van der Waals surface area (Å²) in [6, 6.07) is 14.7. The molecule has 1 aliphatic heterocycles. The molecule has 0 saturated heterocycles. The maximum atomic E-state index is 9.22. The van der Waals surface area contributed by atoms with E-state index in [0.29, 0.717) is 5.57 Å². The minimum absolute atomic E-state index is 0.0734. The molecule has 1 aliphatic rings. The zero-order valence-corrected chi connectivity index (χ0v) is 20.3. The van der Waals surface area contributed by atoms with Gasteiger partial charge < -0.3 is 9.64 Å². The fourth-order valence-corrected chi connectivity index (χ4v) is 5.93. The van der Waals surface area contributed by atoms with Crippen molar-refractivity contribution in [3.63, 3.8) is 0 Å². The van der Waals surface area contributed by atoms with Crippen molar-refractivity contribution >= 4 is 43.8 Å². The van der Waals surface area contributed by atoms with Crippen LogP contribution in [0.4, 0.5) is 5.69 Å². The first-order valence-electron chi connectivity index (χ1n) is 10.1. The van der Waals surface area contributed by atoms with Gasteiger partial charge in [-0.3, -0.25) is 0 Å². The Labute approximate surface area is 201 Å². The predicted molar refractivity (Wildman–Crippen MR) is 137 cm³/mol. The minimum Gasteiger partial charge on any atom is -0.505 e. The summed E-state index contributed by atoms with van der Waals surface area (Å²) in [5.74, 6) is 0.0734. The number of nitriles is 1. The van der Waals surface area contributed by atoms with E-state index in [2.05, 4.69) is 51.0 Å². The van der Waals surface area contributed by atoms with Crippen molar-refractivity contribution < 1.29 is 4.74 Å². The Balaban J connectivity index is 1.65. The van der Waals surface area contributed by atoms with E-state index in [1.807, 2.05) is 46.2 Å². The molecule has 1 aromatic carbocycles. The van der Waals surface area contributed by atoms with Crippen LogP contribution in [0.15, 0.2) is 65.2 Å². The largest absolute Gasteiger partial charge is 0.505 e. The molecule has 0 bridgehead atoms. The number of allylic oxidation sites excluding steroid dienone is 1. The molecule has 33 heavy (non-hydrogen) atoms. The van der Waals surface area contributed by atoms with E-state index in [-0.39, 0.29) is 17.2 Å². The molecular formula is C26H20N4OS2. The molecule has 0 atom stereocenters. The van der Waals surface area contributed by atoms with Gasteiger partial charge in [0.05, 0.1) is 19.2 Å². The van der Waals surface area contributed by atoms with Crippen molar-refractivity contribution in [2.45, 2.75) is 19.4 Å². The lowest BCUT2D eigenvalue weighted by Crippen LogP contribution is -2.20. The summed E-state index contributed by atoms with van der Waals surface area (Å²) in [5.41, 5.74) is 2.29. The Bertz CT molecular complexity index is 1410. The topological polar surface area (TPSA) is 45.0 Å². The Kier molecular flexibility index (Phi) is 5.83. The van der Waals surface area contributed by atoms with Crippen molar-refractivity contribution in [1.29, 1.82) is 5.26 Å². The summed E-state index contributed by atoms with van der Waals surface area (Å²) < 4.78 is 8.27. The summed E-state index contributed by atoms with van der Waals surface area (Å²) >= 11 is 3.45. The van der Waals surface area contributed by atoms with Gasteiger partial charge in [0.1, 0.15) is 11.4 Å². The van der Waals surface area contributed by atoms with Gasteiger partial charge in [-0.25, -0.2) is 15.0 Å². The van der Waals surface area contributed by atoms with Crippen molar-refractivity contribution in [3.8, 4) is 16.5 Å². The molecule has 0 spiro atoms. The maximum Gasteiger partial charge on any atom is 0.292 e. The summed E-state index contributed by atoms with van der Waals surface area (Å²) in [4.78, 5) is 11.2. The fourth-order valence-electron chi connectivity index (χ4n) is 3.61. The van der Waals surface area contributed by atoms with Crippen molar-refractivity contribution in [1.82, 2.24) is 0 Å². The number of anilines is 1. The SMILES string of the molecule is [C-]#[N+]C1=C(/C=C/c2cc3sc(-c4ccc(N(C)C)cc4)cc3s2)C(C)(C)O/C1=C(\C#N)[N+]#[C-]. The second kappa shape index (κ2) is 8.60. The molecule has 0 amide bonds. The third kappa shape index (κ3) is 4.15. The maximum absolute atomic E-state index is 9.22. The first kappa shape index (κ1) is 22.4. The van der Waals surface area contributed by atoms with Crippen LogP contribution in [0, 0.1) is 24.5 Å². The number of fused-ring (bicyclic) bond motifs is 1. The average Bonchev–Trinajstić information content (AvgIpc) is 3.42. The highest BCUT2D eigenvalue weighted by atomic mass is 32.1. The van der Waals surface area contributed by atoms with Gasteiger partial charge in [-0.2, -0.15) is 0 Å². The molecule has 0 unspecified atom stereocenters. The molecule has 0 saturated carbocycles. The van der Waals surface area contributed by atoms with Gasteiger partial charge in [-0.05, 0) is 49.8 Å². The molecular weight excluding hydrogens is 448 g/mol. The van der Waals surface area contributed by atoms with E-state index in [4.69, 9.17) is 17.9 Å². The smallest absolute Gasteiger partial charge is 0.292 e. The van der Waals surface area contributed by atoms with E-state index in [0.717, 1.165) is 4.88 Å². The van der Waals surface area contributed by atoms with Gasteiger partial charge >= 0.3 is 0 Å². The number of ether oxygens (including phenoxy) is 1. The van der Waals surface area contributed by atoms with Gasteiger partial charge in [0.2, 0.25) is 5.70 Å². The quantitative estimate of drug-likeness (QED) is 0.297. The van der Waals surface area contributed by atoms with E-state index in [9.17, 15) is 5.26 Å². The first-order chi connectivity index (χ1) is 15.8. The van der Waals surface area contributed by atoms with Crippen molar-refractivity contribution in [2.75, 3.05) is 19.0 Å². The van der Waals surface area contributed by atoms with Crippen LogP contribution in [0.5, 0.6) is 0 Å². The Morgan fingerprint density at radius 3 is 2.36 bits per heavy atom. The highest BCUT2D eigenvalue weighted by molar-refractivity contribution is 7.29. The van der Waals surface area contributed by atoms with Crippen LogP contribution in [0.3, 0.4) is 0 Å². The van der Waals surface area contributed by atoms with Gasteiger partial charge in [0.15, 0.2) is 0 Å². The fraction of sp³-hybridized carbons (Fsp3) is 0.192. The molecule has 2 aromatic heterocycles. The van der Waals surface area contributed by atoms with Crippen molar-refractivity contribution in [3.05, 3.63) is 92.9 Å². The first-order valence-corrected chi connectivity index (χ1v) is 11.7. The summed E-state index contributed by atoms with van der Waals surface area (Å²) in [6.45, 7) is 18.4. The van der Waals surface area contributed by atoms with Crippen LogP contribution < -0.4 is 4.90 Å². The van der Waals surface area contributed by atoms with Crippen LogP contribution in [0.2, 0.25) is 0 Å². The van der Waals surface area contributed by atoms with Gasteiger partial charge in [0, 0.05) is 44.5 Å².